The SMILES string of the molecule is Nc1ncnc2c1c(-c1ccc(NC(=O)Nc3cc(C4(C(F)(F)F)CC4)no3)c(F)c1)nn2C1CC1. The van der Waals surface area contributed by atoms with Crippen molar-refractivity contribution in [1.82, 2.24) is 24.9 Å². The first-order chi connectivity index (χ1) is 17.2. The molecular formula is C22H18F4N8O2. The molecule has 36 heavy (non-hydrogen) atoms. The number of carbonyl (C=O) groups excluding carboxylic acids is 1. The van der Waals surface area contributed by atoms with E-state index < -0.39 is 23.4 Å². The van der Waals surface area contributed by atoms with Crippen molar-refractivity contribution in [2.75, 3.05) is 16.4 Å². The number of benzene rings is 1. The van der Waals surface area contributed by atoms with Gasteiger partial charge in [-0.1, -0.05) is 11.2 Å². The van der Waals surface area contributed by atoms with Crippen LogP contribution in [0.15, 0.2) is 35.1 Å². The van der Waals surface area contributed by atoms with Gasteiger partial charge in [0.05, 0.1) is 17.1 Å². The molecule has 10 nitrogen and oxygen atoms in total. The molecule has 0 aliphatic heterocycles. The zero-order valence-corrected chi connectivity index (χ0v) is 18.4. The summed E-state index contributed by atoms with van der Waals surface area (Å²) in [5, 5.41) is 13.1. The van der Waals surface area contributed by atoms with E-state index in [9.17, 15) is 22.4 Å². The van der Waals surface area contributed by atoms with Gasteiger partial charge in [0.15, 0.2) is 5.65 Å². The maximum absolute atomic E-state index is 14.9. The van der Waals surface area contributed by atoms with Gasteiger partial charge in [0.25, 0.3) is 0 Å². The number of nitrogen functional groups attached to an aromatic ring is 1. The Kier molecular flexibility index (Phi) is 4.72. The second kappa shape index (κ2) is 7.63. The van der Waals surface area contributed by atoms with E-state index >= 15 is 0 Å². The molecule has 2 amide bonds. The highest BCUT2D eigenvalue weighted by atomic mass is 19.4. The molecule has 1 aromatic carbocycles. The molecule has 186 valence electrons. The molecule has 0 spiro atoms. The Hall–Kier alpha value is -4.23. The number of rotatable bonds is 5. The van der Waals surface area contributed by atoms with E-state index in [0.717, 1.165) is 18.9 Å². The molecule has 2 aliphatic rings. The van der Waals surface area contributed by atoms with E-state index in [1.165, 1.54) is 18.5 Å². The first kappa shape index (κ1) is 22.2. The number of nitrogens with two attached hydrogens (primary N) is 1. The van der Waals surface area contributed by atoms with Crippen LogP contribution in [0.1, 0.15) is 37.4 Å². The molecule has 3 heterocycles. The third-order valence-corrected chi connectivity index (χ3v) is 6.43. The van der Waals surface area contributed by atoms with E-state index in [2.05, 4.69) is 30.9 Å². The lowest BCUT2D eigenvalue weighted by atomic mass is 10.0. The fraction of sp³-hybridized carbons (Fsp3) is 0.318. The molecular weight excluding hydrogens is 484 g/mol. The minimum absolute atomic E-state index is 0.0990. The van der Waals surface area contributed by atoms with Crippen molar-refractivity contribution in [1.29, 1.82) is 0 Å². The van der Waals surface area contributed by atoms with Gasteiger partial charge in [-0.2, -0.15) is 18.3 Å². The van der Waals surface area contributed by atoms with E-state index in [1.807, 2.05) is 0 Å². The number of anilines is 3. The van der Waals surface area contributed by atoms with Crippen LogP contribution in [-0.4, -0.2) is 37.1 Å². The van der Waals surface area contributed by atoms with Crippen molar-refractivity contribution in [2.24, 2.45) is 0 Å². The summed E-state index contributed by atoms with van der Waals surface area (Å²) in [6, 6.07) is 4.38. The molecule has 6 rings (SSSR count). The van der Waals surface area contributed by atoms with Gasteiger partial charge < -0.3 is 15.6 Å². The fourth-order valence-corrected chi connectivity index (χ4v) is 4.17. The zero-order chi connectivity index (χ0) is 25.2. The standard InChI is InChI=1S/C22H18F4N8O2/c23-12-7-10(17-16-18(27)28-9-29-19(16)34(32-17)11-2-3-11)1-4-13(12)30-20(35)31-15-8-14(33-36-15)21(5-6-21)22(24,25)26/h1,4,7-9,11H,2-3,5-6H2,(H2,27,28,29)(H2,30,31,35). The van der Waals surface area contributed by atoms with E-state index in [4.69, 9.17) is 10.3 Å². The number of carbonyl (C=O) groups is 1. The Morgan fingerprint density at radius 3 is 2.61 bits per heavy atom. The van der Waals surface area contributed by atoms with Crippen LogP contribution >= 0.6 is 0 Å². The van der Waals surface area contributed by atoms with Crippen molar-refractivity contribution in [3.8, 4) is 11.3 Å². The molecule has 0 radical (unpaired) electrons. The maximum Gasteiger partial charge on any atom is 0.400 e. The summed E-state index contributed by atoms with van der Waals surface area (Å²) in [6.07, 6.45) is -1.41. The average molecular weight is 502 g/mol. The second-order valence-electron chi connectivity index (χ2n) is 8.91. The summed E-state index contributed by atoms with van der Waals surface area (Å²) in [4.78, 5) is 20.6. The molecule has 0 atom stereocenters. The molecule has 2 aliphatic carbocycles. The molecule has 0 unspecified atom stereocenters. The number of fused-ring (bicyclic) bond motifs is 1. The predicted molar refractivity (Wildman–Crippen MR) is 120 cm³/mol. The summed E-state index contributed by atoms with van der Waals surface area (Å²) in [5.41, 5.74) is 4.92. The maximum atomic E-state index is 14.9. The van der Waals surface area contributed by atoms with Crippen LogP contribution in [0.25, 0.3) is 22.3 Å². The summed E-state index contributed by atoms with van der Waals surface area (Å²) in [6.45, 7) is 0. The van der Waals surface area contributed by atoms with Gasteiger partial charge in [-0.3, -0.25) is 5.32 Å². The Morgan fingerprint density at radius 2 is 1.94 bits per heavy atom. The van der Waals surface area contributed by atoms with Crippen molar-refractivity contribution in [3.63, 3.8) is 0 Å². The zero-order valence-electron chi connectivity index (χ0n) is 18.4. The number of hydrogen-bond acceptors (Lipinski definition) is 7. The first-order valence-electron chi connectivity index (χ1n) is 11.1. The second-order valence-corrected chi connectivity index (χ2v) is 8.91. The third-order valence-electron chi connectivity index (χ3n) is 6.43. The van der Waals surface area contributed by atoms with Gasteiger partial charge in [-0.25, -0.2) is 23.8 Å². The highest BCUT2D eigenvalue weighted by Crippen LogP contribution is 2.58. The smallest absolute Gasteiger partial charge is 0.383 e. The molecule has 3 aromatic heterocycles. The minimum Gasteiger partial charge on any atom is -0.383 e. The Balaban J connectivity index is 1.21. The lowest BCUT2D eigenvalue weighted by molar-refractivity contribution is -0.161. The van der Waals surface area contributed by atoms with Gasteiger partial charge in [0.2, 0.25) is 5.88 Å². The van der Waals surface area contributed by atoms with Crippen LogP contribution in [0.3, 0.4) is 0 Å². The molecule has 4 N–H and O–H groups in total. The molecule has 2 fully saturated rings. The molecule has 2 saturated carbocycles. The number of urea groups is 1. The highest BCUT2D eigenvalue weighted by molar-refractivity contribution is 6.00. The number of nitrogens with zero attached hydrogens (tertiary/aromatic N) is 5. The topological polar surface area (TPSA) is 137 Å². The Morgan fingerprint density at radius 1 is 1.17 bits per heavy atom. The normalized spacial score (nSPS) is 16.8. The van der Waals surface area contributed by atoms with E-state index in [0.29, 0.717) is 22.3 Å². The largest absolute Gasteiger partial charge is 0.400 e. The van der Waals surface area contributed by atoms with Crippen LogP contribution in [0.2, 0.25) is 0 Å². The fourth-order valence-electron chi connectivity index (χ4n) is 4.17. The lowest BCUT2D eigenvalue weighted by Gasteiger charge is -2.15. The molecule has 0 saturated heterocycles. The molecule has 14 heteroatoms. The van der Waals surface area contributed by atoms with Gasteiger partial charge >= 0.3 is 12.2 Å². The highest BCUT2D eigenvalue weighted by Gasteiger charge is 2.66. The summed E-state index contributed by atoms with van der Waals surface area (Å²) in [7, 11) is 0. The quantitative estimate of drug-likeness (QED) is 0.334. The van der Waals surface area contributed by atoms with Crippen molar-refractivity contribution < 1.29 is 26.9 Å². The number of aromatic nitrogens is 5. The molecule has 4 aromatic rings. The average Bonchev–Trinajstić information content (AvgIpc) is 3.74. The molecule has 0 bridgehead atoms. The minimum atomic E-state index is -4.47. The number of hydrogen-bond donors (Lipinski definition) is 3. The van der Waals surface area contributed by atoms with Crippen molar-refractivity contribution in [2.45, 2.75) is 43.3 Å². The third kappa shape index (κ3) is 3.60. The van der Waals surface area contributed by atoms with Gasteiger partial charge in [-0.15, -0.1) is 0 Å². The number of alkyl halides is 3. The van der Waals surface area contributed by atoms with E-state index in [1.54, 1.807) is 10.7 Å². The van der Waals surface area contributed by atoms with Crippen LogP contribution in [0, 0.1) is 5.82 Å². The number of halogens is 4. The van der Waals surface area contributed by atoms with Crippen LogP contribution in [0.4, 0.5) is 39.7 Å². The first-order valence-corrected chi connectivity index (χ1v) is 11.1. The summed E-state index contributed by atoms with van der Waals surface area (Å²) in [5.74, 6) is -0.837. The van der Waals surface area contributed by atoms with Crippen molar-refractivity contribution >= 4 is 34.5 Å². The number of amides is 2. The van der Waals surface area contributed by atoms with Gasteiger partial charge in [-0.05, 0) is 37.8 Å². The lowest BCUT2D eigenvalue weighted by Crippen LogP contribution is -2.28. The van der Waals surface area contributed by atoms with Crippen LogP contribution < -0.4 is 16.4 Å². The summed E-state index contributed by atoms with van der Waals surface area (Å²) >= 11 is 0. The van der Waals surface area contributed by atoms with Crippen molar-refractivity contribution in [3.05, 3.63) is 42.1 Å². The Bertz CT molecular complexity index is 1500. The van der Waals surface area contributed by atoms with Gasteiger partial charge in [0.1, 0.15) is 34.8 Å². The summed E-state index contributed by atoms with van der Waals surface area (Å²) < 4.78 is 61.3. The van der Waals surface area contributed by atoms with Crippen LogP contribution in [-0.2, 0) is 5.41 Å². The van der Waals surface area contributed by atoms with E-state index in [-0.39, 0.29) is 42.0 Å². The number of nitrogens with one attached hydrogen (secondary N) is 2. The Labute approximate surface area is 199 Å². The van der Waals surface area contributed by atoms with Gasteiger partial charge in [0, 0.05) is 11.6 Å². The monoisotopic (exact) mass is 502 g/mol. The van der Waals surface area contributed by atoms with Crippen LogP contribution in [0.5, 0.6) is 0 Å². The predicted octanol–water partition coefficient (Wildman–Crippen LogP) is 4.78.